The number of thiophene rings is 1. The highest BCUT2D eigenvalue weighted by atomic mass is 35.5. The summed E-state index contributed by atoms with van der Waals surface area (Å²) >= 11 is 13.8. The number of halogens is 2. The Balaban J connectivity index is 2.26. The van der Waals surface area contributed by atoms with Crippen molar-refractivity contribution in [3.05, 3.63) is 44.6 Å². The Morgan fingerprint density at radius 1 is 1.26 bits per heavy atom. The second kappa shape index (κ2) is 6.04. The van der Waals surface area contributed by atoms with Crippen molar-refractivity contribution in [1.29, 1.82) is 0 Å². The van der Waals surface area contributed by atoms with Crippen LogP contribution in [0.15, 0.2) is 29.6 Å². The molecule has 1 atom stereocenters. The summed E-state index contributed by atoms with van der Waals surface area (Å²) in [6.45, 7) is 2.11. The number of nitrogens with zero attached hydrogens (tertiary/aromatic N) is 1. The molecular weight excluding hydrogens is 299 g/mol. The van der Waals surface area contributed by atoms with Crippen LogP contribution in [-0.4, -0.2) is 14.1 Å². The third kappa shape index (κ3) is 3.35. The molecule has 5 heteroatoms. The first-order chi connectivity index (χ1) is 8.99. The van der Waals surface area contributed by atoms with E-state index in [-0.39, 0.29) is 6.04 Å². The fraction of sp³-hybridized carbons (Fsp3) is 0.286. The van der Waals surface area contributed by atoms with Crippen molar-refractivity contribution >= 4 is 45.9 Å². The highest BCUT2D eigenvalue weighted by molar-refractivity contribution is 7.14. The summed E-state index contributed by atoms with van der Waals surface area (Å²) in [5.41, 5.74) is 3.20. The van der Waals surface area contributed by atoms with Crippen molar-refractivity contribution in [1.82, 2.24) is 0 Å². The maximum atomic E-state index is 6.26. The number of nitrogens with one attached hydrogen (secondary N) is 1. The Kier molecular flexibility index (Phi) is 4.61. The summed E-state index contributed by atoms with van der Waals surface area (Å²) in [5, 5.41) is 6.29. The van der Waals surface area contributed by atoms with Gasteiger partial charge in [0.15, 0.2) is 0 Å². The summed E-state index contributed by atoms with van der Waals surface area (Å²) in [6.07, 6.45) is 0. The Morgan fingerprint density at radius 2 is 2.00 bits per heavy atom. The van der Waals surface area contributed by atoms with E-state index >= 15 is 0 Å². The van der Waals surface area contributed by atoms with Gasteiger partial charge in [0, 0.05) is 20.1 Å². The molecule has 1 aromatic heterocycles. The molecule has 0 saturated heterocycles. The van der Waals surface area contributed by atoms with Crippen molar-refractivity contribution in [2.75, 3.05) is 24.3 Å². The van der Waals surface area contributed by atoms with Gasteiger partial charge in [-0.25, -0.2) is 0 Å². The lowest BCUT2D eigenvalue weighted by atomic mass is 10.1. The predicted molar refractivity (Wildman–Crippen MR) is 87.1 cm³/mol. The van der Waals surface area contributed by atoms with Gasteiger partial charge in [-0.3, -0.25) is 0 Å². The normalized spacial score (nSPS) is 12.3. The lowest BCUT2D eigenvalue weighted by molar-refractivity contribution is 0.888. The lowest BCUT2D eigenvalue weighted by Crippen LogP contribution is -2.14. The van der Waals surface area contributed by atoms with Gasteiger partial charge < -0.3 is 10.2 Å². The van der Waals surface area contributed by atoms with Crippen molar-refractivity contribution in [2.45, 2.75) is 13.0 Å². The molecule has 0 fully saturated rings. The molecule has 1 aromatic carbocycles. The highest BCUT2D eigenvalue weighted by Gasteiger charge is 2.13. The molecule has 0 amide bonds. The summed E-state index contributed by atoms with van der Waals surface area (Å²) in [4.78, 5) is 2.01. The van der Waals surface area contributed by atoms with Crippen molar-refractivity contribution in [2.24, 2.45) is 0 Å². The van der Waals surface area contributed by atoms with Crippen LogP contribution in [0.5, 0.6) is 0 Å². The molecule has 0 aliphatic rings. The molecular formula is C14H16Cl2N2S. The molecule has 0 spiro atoms. The lowest BCUT2D eigenvalue weighted by Gasteiger charge is -2.22. The average Bonchev–Trinajstić information content (AvgIpc) is 2.75. The minimum atomic E-state index is 0.181. The molecule has 2 nitrogen and oxygen atoms in total. The molecule has 2 aromatic rings. The first-order valence-electron chi connectivity index (χ1n) is 5.95. The maximum absolute atomic E-state index is 6.26. The second-order valence-corrected chi connectivity index (χ2v) is 6.53. The van der Waals surface area contributed by atoms with E-state index in [0.29, 0.717) is 0 Å². The van der Waals surface area contributed by atoms with Crippen LogP contribution in [0.25, 0.3) is 0 Å². The van der Waals surface area contributed by atoms with Gasteiger partial charge in [0.2, 0.25) is 0 Å². The van der Waals surface area contributed by atoms with E-state index in [4.69, 9.17) is 23.2 Å². The van der Waals surface area contributed by atoms with E-state index in [0.717, 1.165) is 20.7 Å². The third-order valence-corrected chi connectivity index (χ3v) is 4.31. The molecule has 1 N–H and O–H groups in total. The monoisotopic (exact) mass is 314 g/mol. The zero-order valence-electron chi connectivity index (χ0n) is 11.1. The molecule has 19 heavy (non-hydrogen) atoms. The van der Waals surface area contributed by atoms with Crippen LogP contribution < -0.4 is 10.2 Å². The molecule has 0 aliphatic carbocycles. The molecule has 102 valence electrons. The Bertz CT molecular complexity index is 566. The largest absolute Gasteiger partial charge is 0.377 e. The van der Waals surface area contributed by atoms with Gasteiger partial charge in [-0.2, -0.15) is 0 Å². The van der Waals surface area contributed by atoms with E-state index in [1.807, 2.05) is 43.3 Å². The number of anilines is 2. The number of hydrogen-bond donors (Lipinski definition) is 1. The summed E-state index contributed by atoms with van der Waals surface area (Å²) in [6, 6.07) is 8.05. The minimum absolute atomic E-state index is 0.181. The molecule has 0 aliphatic heterocycles. The summed E-state index contributed by atoms with van der Waals surface area (Å²) < 4.78 is 0.808. The Hall–Kier alpha value is -0.900. The molecule has 1 heterocycles. The van der Waals surface area contributed by atoms with Crippen LogP contribution in [-0.2, 0) is 0 Å². The topological polar surface area (TPSA) is 15.3 Å². The van der Waals surface area contributed by atoms with Crippen LogP contribution in [0.1, 0.15) is 18.5 Å². The van der Waals surface area contributed by atoms with Gasteiger partial charge in [-0.05, 0) is 36.1 Å². The van der Waals surface area contributed by atoms with Gasteiger partial charge in [0.1, 0.15) is 0 Å². The minimum Gasteiger partial charge on any atom is -0.377 e. The van der Waals surface area contributed by atoms with E-state index in [9.17, 15) is 0 Å². The van der Waals surface area contributed by atoms with Gasteiger partial charge >= 0.3 is 0 Å². The fourth-order valence-electron chi connectivity index (χ4n) is 1.95. The fourth-order valence-corrected chi connectivity index (χ4v) is 3.28. The van der Waals surface area contributed by atoms with Gasteiger partial charge in [-0.15, -0.1) is 11.3 Å². The predicted octanol–water partition coefficient (Wildman–Crippen LogP) is 5.29. The smallest absolute Gasteiger partial charge is 0.0931 e. The van der Waals surface area contributed by atoms with E-state index < -0.39 is 0 Å². The number of benzene rings is 1. The first kappa shape index (κ1) is 14.5. The SMILES string of the molecule is CC(Nc1cccc(Cl)c1N(C)C)c1csc(Cl)c1. The summed E-state index contributed by atoms with van der Waals surface area (Å²) in [7, 11) is 3.97. The van der Waals surface area contributed by atoms with Gasteiger partial charge in [0.05, 0.1) is 20.7 Å². The molecule has 0 saturated carbocycles. The molecule has 1 unspecified atom stereocenters. The van der Waals surface area contributed by atoms with Crippen LogP contribution in [0.3, 0.4) is 0 Å². The van der Waals surface area contributed by atoms with Crippen molar-refractivity contribution in [3.63, 3.8) is 0 Å². The zero-order chi connectivity index (χ0) is 14.0. The highest BCUT2D eigenvalue weighted by Crippen LogP contribution is 2.35. The maximum Gasteiger partial charge on any atom is 0.0931 e. The Labute approximate surface area is 128 Å². The van der Waals surface area contributed by atoms with Crippen LogP contribution >= 0.6 is 34.5 Å². The molecule has 0 radical (unpaired) electrons. The first-order valence-corrected chi connectivity index (χ1v) is 7.59. The van der Waals surface area contributed by atoms with Crippen molar-refractivity contribution in [3.8, 4) is 0 Å². The zero-order valence-corrected chi connectivity index (χ0v) is 13.4. The molecule has 0 bridgehead atoms. The second-order valence-electron chi connectivity index (χ2n) is 4.58. The van der Waals surface area contributed by atoms with Gasteiger partial charge in [-0.1, -0.05) is 29.3 Å². The van der Waals surface area contributed by atoms with Crippen LogP contribution in [0.2, 0.25) is 9.36 Å². The average molecular weight is 315 g/mol. The number of rotatable bonds is 4. The van der Waals surface area contributed by atoms with Crippen LogP contribution in [0, 0.1) is 0 Å². The van der Waals surface area contributed by atoms with E-state index in [1.54, 1.807) is 11.3 Å². The van der Waals surface area contributed by atoms with E-state index in [2.05, 4.69) is 17.6 Å². The van der Waals surface area contributed by atoms with Crippen molar-refractivity contribution < 1.29 is 0 Å². The summed E-state index contributed by atoms with van der Waals surface area (Å²) in [5.74, 6) is 0. The Morgan fingerprint density at radius 3 is 2.58 bits per heavy atom. The molecule has 2 rings (SSSR count). The number of hydrogen-bond acceptors (Lipinski definition) is 3. The van der Waals surface area contributed by atoms with Crippen LogP contribution in [0.4, 0.5) is 11.4 Å². The van der Waals surface area contributed by atoms with Gasteiger partial charge in [0.25, 0.3) is 0 Å². The quantitative estimate of drug-likeness (QED) is 0.824. The number of para-hydroxylation sites is 1. The standard InChI is InChI=1S/C14H16Cl2N2S/c1-9(10-7-13(16)19-8-10)17-12-6-4-5-11(15)14(12)18(2)3/h4-9,17H,1-3H3. The van der Waals surface area contributed by atoms with E-state index in [1.165, 1.54) is 5.56 Å². The third-order valence-electron chi connectivity index (χ3n) is 2.89.